The van der Waals surface area contributed by atoms with Crippen LogP contribution in [0.25, 0.3) is 0 Å². The zero-order valence-electron chi connectivity index (χ0n) is 12.9. The van der Waals surface area contributed by atoms with E-state index < -0.39 is 0 Å². The lowest BCUT2D eigenvalue weighted by atomic mass is 9.89. The fraction of sp³-hybridized carbons (Fsp3) is 0.500. The number of rotatable bonds is 6. The second kappa shape index (κ2) is 7.33. The van der Waals surface area contributed by atoms with Gasteiger partial charge in [0.15, 0.2) is 11.5 Å². The van der Waals surface area contributed by atoms with E-state index in [0.29, 0.717) is 11.5 Å². The van der Waals surface area contributed by atoms with Crippen LogP contribution in [0.15, 0.2) is 23.8 Å². The summed E-state index contributed by atoms with van der Waals surface area (Å²) in [5.74, 6) is 7.86. The van der Waals surface area contributed by atoms with Gasteiger partial charge >= 0.3 is 0 Å². The number of nitrogens with two attached hydrogens (primary N) is 1. The maximum absolute atomic E-state index is 5.80. The first-order chi connectivity index (χ1) is 10.2. The Morgan fingerprint density at radius 1 is 1.00 bits per heavy atom. The van der Waals surface area contributed by atoms with E-state index in [-0.39, 0.29) is 6.04 Å². The van der Waals surface area contributed by atoms with Crippen molar-refractivity contribution >= 4 is 0 Å². The van der Waals surface area contributed by atoms with Gasteiger partial charge in [-0.2, -0.15) is 0 Å². The molecule has 0 radical (unpaired) electrons. The summed E-state index contributed by atoms with van der Waals surface area (Å²) in [6.45, 7) is 0. The SMILES string of the molecule is COc1cc(OC)c(C(NN)C2=CCCCC2)cc1OC. The smallest absolute Gasteiger partial charge is 0.164 e. The van der Waals surface area contributed by atoms with E-state index in [4.69, 9.17) is 20.1 Å². The highest BCUT2D eigenvalue weighted by molar-refractivity contribution is 5.53. The van der Waals surface area contributed by atoms with Crippen LogP contribution in [0.5, 0.6) is 17.2 Å². The topological polar surface area (TPSA) is 65.7 Å². The molecule has 1 atom stereocenters. The van der Waals surface area contributed by atoms with Gasteiger partial charge in [-0.05, 0) is 31.7 Å². The Hall–Kier alpha value is -1.72. The van der Waals surface area contributed by atoms with Gasteiger partial charge in [-0.1, -0.05) is 11.6 Å². The minimum absolute atomic E-state index is 0.0694. The molecule has 0 aliphatic heterocycles. The summed E-state index contributed by atoms with van der Waals surface area (Å²) < 4.78 is 16.2. The molecule has 0 saturated heterocycles. The van der Waals surface area contributed by atoms with Crippen LogP contribution in [0.1, 0.15) is 37.3 Å². The maximum atomic E-state index is 5.80. The van der Waals surface area contributed by atoms with Crippen molar-refractivity contribution in [2.75, 3.05) is 21.3 Å². The van der Waals surface area contributed by atoms with E-state index in [2.05, 4.69) is 11.5 Å². The summed E-state index contributed by atoms with van der Waals surface area (Å²) in [5, 5.41) is 0. The third kappa shape index (κ3) is 3.31. The molecule has 1 aliphatic rings. The minimum Gasteiger partial charge on any atom is -0.496 e. The van der Waals surface area contributed by atoms with Gasteiger partial charge in [0.1, 0.15) is 5.75 Å². The van der Waals surface area contributed by atoms with E-state index in [1.165, 1.54) is 18.4 Å². The van der Waals surface area contributed by atoms with E-state index >= 15 is 0 Å². The number of hydrogen-bond acceptors (Lipinski definition) is 5. The van der Waals surface area contributed by atoms with Gasteiger partial charge in [0, 0.05) is 11.6 Å². The summed E-state index contributed by atoms with van der Waals surface area (Å²) in [6, 6.07) is 3.69. The van der Waals surface area contributed by atoms with Crippen LogP contribution in [-0.2, 0) is 0 Å². The standard InChI is InChI=1S/C16H24N2O3/c1-19-13-10-15(21-3)14(20-2)9-12(13)16(18-17)11-7-5-4-6-8-11/h7,9-10,16,18H,4-6,8,17H2,1-3H3. The van der Waals surface area contributed by atoms with Gasteiger partial charge in [-0.3, -0.25) is 5.84 Å². The van der Waals surface area contributed by atoms with Gasteiger partial charge in [-0.15, -0.1) is 0 Å². The van der Waals surface area contributed by atoms with Crippen molar-refractivity contribution in [3.8, 4) is 17.2 Å². The van der Waals surface area contributed by atoms with Gasteiger partial charge < -0.3 is 14.2 Å². The maximum Gasteiger partial charge on any atom is 0.164 e. The summed E-state index contributed by atoms with van der Waals surface area (Å²) in [4.78, 5) is 0. The largest absolute Gasteiger partial charge is 0.496 e. The van der Waals surface area contributed by atoms with Crippen LogP contribution >= 0.6 is 0 Å². The second-order valence-corrected chi connectivity index (χ2v) is 5.07. The zero-order chi connectivity index (χ0) is 15.2. The minimum atomic E-state index is -0.0694. The molecule has 0 heterocycles. The number of methoxy groups -OCH3 is 3. The van der Waals surface area contributed by atoms with E-state index in [9.17, 15) is 0 Å². The van der Waals surface area contributed by atoms with Gasteiger partial charge in [-0.25, -0.2) is 5.43 Å². The van der Waals surface area contributed by atoms with Crippen LogP contribution < -0.4 is 25.5 Å². The fourth-order valence-electron chi connectivity index (χ4n) is 2.80. The molecule has 5 heteroatoms. The molecule has 1 unspecified atom stereocenters. The molecule has 1 aliphatic carbocycles. The summed E-state index contributed by atoms with van der Waals surface area (Å²) >= 11 is 0. The summed E-state index contributed by atoms with van der Waals surface area (Å²) in [7, 11) is 4.88. The summed E-state index contributed by atoms with van der Waals surface area (Å²) in [5.41, 5.74) is 5.17. The number of hydrazine groups is 1. The first kappa shape index (κ1) is 15.7. The Bertz CT molecular complexity index is 514. The van der Waals surface area contributed by atoms with Crippen LogP contribution in [-0.4, -0.2) is 21.3 Å². The molecule has 3 N–H and O–H groups in total. The average molecular weight is 292 g/mol. The lowest BCUT2D eigenvalue weighted by Gasteiger charge is -2.25. The zero-order valence-corrected chi connectivity index (χ0v) is 12.9. The van der Waals surface area contributed by atoms with Crippen molar-refractivity contribution < 1.29 is 14.2 Å². The van der Waals surface area contributed by atoms with Crippen LogP contribution in [0.3, 0.4) is 0 Å². The van der Waals surface area contributed by atoms with E-state index in [1.54, 1.807) is 21.3 Å². The Labute approximate surface area is 126 Å². The molecule has 0 saturated carbocycles. The first-order valence-electron chi connectivity index (χ1n) is 7.20. The van der Waals surface area contributed by atoms with Crippen LogP contribution in [0.2, 0.25) is 0 Å². The van der Waals surface area contributed by atoms with Crippen molar-refractivity contribution in [2.24, 2.45) is 5.84 Å². The third-order valence-corrected chi connectivity index (χ3v) is 3.91. The highest BCUT2D eigenvalue weighted by Gasteiger charge is 2.23. The molecule has 5 nitrogen and oxygen atoms in total. The van der Waals surface area contributed by atoms with E-state index in [1.807, 2.05) is 12.1 Å². The molecule has 0 bridgehead atoms. The third-order valence-electron chi connectivity index (χ3n) is 3.91. The number of ether oxygens (including phenoxy) is 3. The molecule has 1 aromatic carbocycles. The molecular weight excluding hydrogens is 268 g/mol. The highest BCUT2D eigenvalue weighted by Crippen LogP contribution is 2.40. The van der Waals surface area contributed by atoms with Crippen LogP contribution in [0, 0.1) is 0 Å². The highest BCUT2D eigenvalue weighted by atomic mass is 16.5. The number of hydrogen-bond donors (Lipinski definition) is 2. The average Bonchev–Trinajstić information content (AvgIpc) is 2.56. The lowest BCUT2D eigenvalue weighted by molar-refractivity contribution is 0.345. The molecule has 21 heavy (non-hydrogen) atoms. The molecule has 0 fully saturated rings. The number of benzene rings is 1. The predicted molar refractivity (Wildman–Crippen MR) is 82.7 cm³/mol. The normalized spacial score (nSPS) is 16.1. The van der Waals surface area contributed by atoms with Crippen molar-refractivity contribution in [3.63, 3.8) is 0 Å². The van der Waals surface area contributed by atoms with Crippen molar-refractivity contribution in [1.82, 2.24) is 5.43 Å². The van der Waals surface area contributed by atoms with Crippen molar-refractivity contribution in [1.29, 1.82) is 0 Å². The fourth-order valence-corrected chi connectivity index (χ4v) is 2.80. The summed E-state index contributed by atoms with van der Waals surface area (Å²) in [6.07, 6.45) is 6.85. The number of nitrogens with one attached hydrogen (secondary N) is 1. The first-order valence-corrected chi connectivity index (χ1v) is 7.20. The molecule has 1 aromatic rings. The molecule has 0 aromatic heterocycles. The van der Waals surface area contributed by atoms with Crippen LogP contribution in [0.4, 0.5) is 0 Å². The molecule has 2 rings (SSSR count). The molecule has 0 amide bonds. The molecule has 0 spiro atoms. The Morgan fingerprint density at radius 3 is 2.19 bits per heavy atom. The van der Waals surface area contributed by atoms with Crippen molar-refractivity contribution in [2.45, 2.75) is 31.7 Å². The lowest BCUT2D eigenvalue weighted by Crippen LogP contribution is -2.30. The Kier molecular flexibility index (Phi) is 5.47. The van der Waals surface area contributed by atoms with Gasteiger partial charge in [0.05, 0.1) is 27.4 Å². The Balaban J connectivity index is 2.46. The molecular formula is C16H24N2O3. The number of allylic oxidation sites excluding steroid dienone is 1. The van der Waals surface area contributed by atoms with Gasteiger partial charge in [0.2, 0.25) is 0 Å². The molecule has 116 valence electrons. The second-order valence-electron chi connectivity index (χ2n) is 5.07. The van der Waals surface area contributed by atoms with Gasteiger partial charge in [0.25, 0.3) is 0 Å². The quantitative estimate of drug-likeness (QED) is 0.479. The van der Waals surface area contributed by atoms with Crippen molar-refractivity contribution in [3.05, 3.63) is 29.3 Å². The monoisotopic (exact) mass is 292 g/mol. The Morgan fingerprint density at radius 2 is 1.67 bits per heavy atom. The van der Waals surface area contributed by atoms with E-state index in [0.717, 1.165) is 24.2 Å². The predicted octanol–water partition coefficient (Wildman–Crippen LogP) is 2.72.